The summed E-state index contributed by atoms with van der Waals surface area (Å²) < 4.78 is 88.1. The highest BCUT2D eigenvalue weighted by Crippen LogP contribution is 2.41. The van der Waals surface area contributed by atoms with Gasteiger partial charge < -0.3 is 210 Å². The van der Waals surface area contributed by atoms with Crippen LogP contribution in [-0.2, 0) is 95.0 Å². The quantitative estimate of drug-likeness (QED) is 0.0346. The second-order valence-corrected chi connectivity index (χ2v) is 26.8. The van der Waals surface area contributed by atoms with Crippen molar-refractivity contribution in [1.29, 1.82) is 0 Å². The van der Waals surface area contributed by atoms with Gasteiger partial charge in [0.15, 0.2) is 44.0 Å². The first-order chi connectivity index (χ1) is 49.9. The summed E-state index contributed by atoms with van der Waals surface area (Å²) in [4.78, 5) is 64.2. The fourth-order valence-electron chi connectivity index (χ4n) is 13.6. The molecule has 0 spiro atoms. The predicted molar refractivity (Wildman–Crippen MR) is 327 cm³/mol. The number of ether oxygens (including phenoxy) is 15. The molecule has 8 heterocycles. The molecule has 8 fully saturated rings. The Morgan fingerprint density at radius 2 is 0.830 bits per heavy atom. The van der Waals surface area contributed by atoms with Crippen LogP contribution in [0.4, 0.5) is 0 Å². The van der Waals surface area contributed by atoms with Crippen LogP contribution in [0.15, 0.2) is 0 Å². The van der Waals surface area contributed by atoms with Gasteiger partial charge in [-0.1, -0.05) is 0 Å². The molecule has 0 aromatic carbocycles. The molecular weight excluding hydrogens is 1450 g/mol. The number of rotatable bonds is 28. The van der Waals surface area contributed by atoms with Crippen molar-refractivity contribution in [2.75, 3.05) is 46.2 Å². The first kappa shape index (κ1) is 87.4. The molecule has 4 amide bonds. The Balaban J connectivity index is 1.10. The number of carbonyl (C=O) groups is 5. The average molecular weight is 1550 g/mol. The SMILES string of the molecule is CC(=O)N[C@H]1[C@H](OC[C@H]2O[C@@H](O[C@H]3[C@@H](O)[C@@H](CO)OC(O)[C@@H]3NC(C)=O)[C@H](O)[C@@H](O[C@@H]3O[C@H](CO)[C@@H](O)[C@H](O[C@@H]4O[C@H](CO)[C@H](O)[C@H](O)[C@H]4O[C@@H]4O[C@@H](C)[C@@H](O)[C@@H](O)[C@@H]4O)[C@H]3NC(C)=O)[C@H]2O)O[C@H](CO)[C@@H](O[C@@H]2O[C@H](CO)[C@H](O)[C@H](O[C@]3(C(=O)O)C[C@H](O)[C@@H](NC(C)=O)[C@H]([C@H](O)[C@H](O)CO)O3)[C@H]2O)[C@@H]1O. The molecule has 1 unspecified atom stereocenters. The maximum Gasteiger partial charge on any atom is 0.364 e. The Morgan fingerprint density at radius 1 is 0.406 bits per heavy atom. The number of aliphatic hydroxyl groups is 22. The number of aliphatic carboxylic acids is 1. The van der Waals surface area contributed by atoms with E-state index >= 15 is 0 Å². The monoisotopic (exact) mass is 1550 g/mol. The second-order valence-electron chi connectivity index (χ2n) is 26.8. The van der Waals surface area contributed by atoms with Crippen LogP contribution in [0.5, 0.6) is 0 Å². The molecular formula is C59H98N4O43. The lowest BCUT2D eigenvalue weighted by molar-refractivity contribution is -0.390. The largest absolute Gasteiger partial charge is 0.477 e. The predicted octanol–water partition coefficient (Wildman–Crippen LogP) is -17.6. The highest BCUT2D eigenvalue weighted by atomic mass is 16.8. The standard InChI is InChI=1S/C59H98N4O43/c1-14-31(76)39(84)41(86)54(93-14)104-50-40(85)33(78)21(8-65)97-57(50)102-46-30(63-18(5)73)53(95-23(10-67)35(46)80)103-48-37(82)26(99-55(42(48)87)101-45-29(62-17(4)72)51(89)94-22(9-66)34(45)79)13-92-52-28(61-16(3)71)38(83)44(25(12-69)98-52)100-56-43(88)49(36(81)24(11-68)96-56)106-59(58(90)91)6-19(74)27(60-15(2)70)47(105-59)32(77)20(75)7-64/h14,19-57,64-69,74-89H,6-13H2,1-5H3,(H,60,70)(H,61,71)(H,62,72)(H,63,73)(H,90,91)/t14-,19-,20+,21+,22+,23+,24+,25+,26+,27+,28+,29+,30+,31+,32+,33-,34-,35+,36-,37-,38+,39+,40-,41-,42+,43+,44+,45+,46+,47+,48-,49-,50+,51?,52+,53-,54-,55-,56-,57-,59-/m0/s1. The summed E-state index contributed by atoms with van der Waals surface area (Å²) in [5.74, 6) is -9.07. The van der Waals surface area contributed by atoms with Crippen LogP contribution < -0.4 is 21.3 Å². The molecule has 0 aromatic heterocycles. The lowest BCUT2D eigenvalue weighted by Crippen LogP contribution is -2.71. The molecule has 612 valence electrons. The van der Waals surface area contributed by atoms with E-state index in [0.717, 1.165) is 27.7 Å². The summed E-state index contributed by atoms with van der Waals surface area (Å²) in [6.45, 7) is -2.84. The number of hydrogen-bond donors (Lipinski definition) is 27. The normalized spacial score (nSPS) is 47.2. The van der Waals surface area contributed by atoms with Crippen molar-refractivity contribution in [2.24, 2.45) is 0 Å². The summed E-state index contributed by atoms with van der Waals surface area (Å²) >= 11 is 0. The van der Waals surface area contributed by atoms with E-state index in [1.165, 1.54) is 6.92 Å². The number of carboxylic acid groups (broad SMARTS) is 1. The van der Waals surface area contributed by atoms with Crippen molar-refractivity contribution in [3.63, 3.8) is 0 Å². The highest BCUT2D eigenvalue weighted by Gasteiger charge is 2.63. The number of carbonyl (C=O) groups excluding carboxylic acids is 4. The van der Waals surface area contributed by atoms with E-state index in [-0.39, 0.29) is 0 Å². The van der Waals surface area contributed by atoms with Crippen LogP contribution in [0.1, 0.15) is 41.0 Å². The fourth-order valence-corrected chi connectivity index (χ4v) is 13.6. The molecule has 8 aliphatic rings. The van der Waals surface area contributed by atoms with Gasteiger partial charge in [-0.2, -0.15) is 0 Å². The summed E-state index contributed by atoms with van der Waals surface area (Å²) in [5.41, 5.74) is 0. The number of amides is 4. The van der Waals surface area contributed by atoms with Gasteiger partial charge in [0.25, 0.3) is 5.79 Å². The van der Waals surface area contributed by atoms with E-state index < -0.39 is 333 Å². The van der Waals surface area contributed by atoms with E-state index in [1.807, 2.05) is 0 Å². The molecule has 106 heavy (non-hydrogen) atoms. The number of nitrogens with one attached hydrogen (secondary N) is 4. The third-order valence-corrected chi connectivity index (χ3v) is 19.2. The second kappa shape index (κ2) is 37.5. The Morgan fingerprint density at radius 3 is 1.39 bits per heavy atom. The van der Waals surface area contributed by atoms with Gasteiger partial charge in [-0.05, 0) is 6.92 Å². The lowest BCUT2D eigenvalue weighted by atomic mass is 9.88. The molecule has 41 atom stereocenters. The van der Waals surface area contributed by atoms with Gasteiger partial charge in [0.05, 0.1) is 64.5 Å². The minimum absolute atomic E-state index is 0.858. The molecule has 47 heteroatoms. The first-order valence-corrected chi connectivity index (χ1v) is 33.6. The van der Waals surface area contributed by atoms with E-state index in [9.17, 15) is 141 Å². The van der Waals surface area contributed by atoms with E-state index in [2.05, 4.69) is 21.3 Å². The smallest absolute Gasteiger partial charge is 0.364 e. The molecule has 0 saturated carbocycles. The van der Waals surface area contributed by atoms with Crippen molar-refractivity contribution in [1.82, 2.24) is 21.3 Å². The van der Waals surface area contributed by atoms with Gasteiger partial charge in [-0.25, -0.2) is 4.79 Å². The molecule has 0 aromatic rings. The van der Waals surface area contributed by atoms with Crippen LogP contribution in [0.25, 0.3) is 0 Å². The maximum absolute atomic E-state index is 13.2. The zero-order chi connectivity index (χ0) is 78.6. The highest BCUT2D eigenvalue weighted by molar-refractivity contribution is 5.77. The summed E-state index contributed by atoms with van der Waals surface area (Å²) in [7, 11) is 0. The van der Waals surface area contributed by atoms with Gasteiger partial charge in [0.1, 0.15) is 183 Å². The summed E-state index contributed by atoms with van der Waals surface area (Å²) in [5, 5.41) is 264. The minimum Gasteiger partial charge on any atom is -0.477 e. The van der Waals surface area contributed by atoms with Crippen molar-refractivity contribution >= 4 is 29.6 Å². The van der Waals surface area contributed by atoms with Gasteiger partial charge in [-0.15, -0.1) is 0 Å². The van der Waals surface area contributed by atoms with Crippen molar-refractivity contribution in [2.45, 2.75) is 292 Å². The van der Waals surface area contributed by atoms with Gasteiger partial charge >= 0.3 is 5.97 Å². The molecule has 47 nitrogen and oxygen atoms in total. The fraction of sp³-hybridized carbons (Fsp3) is 0.915. The van der Waals surface area contributed by atoms with E-state index in [1.54, 1.807) is 0 Å². The molecule has 27 N–H and O–H groups in total. The molecule has 0 bridgehead atoms. The van der Waals surface area contributed by atoms with Crippen LogP contribution in [0, 0.1) is 0 Å². The molecule has 0 radical (unpaired) electrons. The minimum atomic E-state index is -3.26. The topological polar surface area (TPSA) is 737 Å². The number of carboxylic acids is 1. The van der Waals surface area contributed by atoms with Gasteiger partial charge in [0.2, 0.25) is 23.6 Å². The molecule has 8 aliphatic heterocycles. The Kier molecular flexibility index (Phi) is 30.9. The lowest BCUT2D eigenvalue weighted by Gasteiger charge is -2.51. The third-order valence-electron chi connectivity index (χ3n) is 19.2. The first-order valence-electron chi connectivity index (χ1n) is 33.6. The average Bonchev–Trinajstić information content (AvgIpc) is 0.759. The van der Waals surface area contributed by atoms with Crippen LogP contribution >= 0.6 is 0 Å². The Labute approximate surface area is 600 Å². The van der Waals surface area contributed by atoms with Crippen molar-refractivity contribution in [3.8, 4) is 0 Å². The van der Waals surface area contributed by atoms with Gasteiger partial charge in [0, 0.05) is 34.1 Å². The van der Waals surface area contributed by atoms with Crippen LogP contribution in [0.2, 0.25) is 0 Å². The van der Waals surface area contributed by atoms with E-state index in [0.29, 0.717) is 0 Å². The molecule has 8 saturated heterocycles. The summed E-state index contributed by atoms with van der Waals surface area (Å²) in [6, 6.07) is -7.43. The van der Waals surface area contributed by atoms with Crippen molar-refractivity contribution < 1.29 is 212 Å². The van der Waals surface area contributed by atoms with Crippen LogP contribution in [0.3, 0.4) is 0 Å². The zero-order valence-corrected chi connectivity index (χ0v) is 57.2. The number of aliphatic hydroxyl groups excluding tert-OH is 22. The summed E-state index contributed by atoms with van der Waals surface area (Å²) in [6.07, 6.45) is -76.2. The van der Waals surface area contributed by atoms with Crippen LogP contribution in [-0.4, -0.2) is 444 Å². The third kappa shape index (κ3) is 19.1. The Hall–Kier alpha value is -4.13. The maximum atomic E-state index is 13.2. The molecule has 0 aliphatic carbocycles. The molecule has 8 rings (SSSR count). The van der Waals surface area contributed by atoms with Crippen molar-refractivity contribution in [3.05, 3.63) is 0 Å². The Bertz CT molecular complexity index is 2860. The van der Waals surface area contributed by atoms with Gasteiger partial charge in [-0.3, -0.25) is 19.2 Å². The number of hydrogen-bond acceptors (Lipinski definition) is 42. The zero-order valence-electron chi connectivity index (χ0n) is 57.2. The van der Waals surface area contributed by atoms with E-state index in [4.69, 9.17) is 71.1 Å².